The molecule has 1 saturated carbocycles. The summed E-state index contributed by atoms with van der Waals surface area (Å²) in [5.74, 6) is 2.03. The summed E-state index contributed by atoms with van der Waals surface area (Å²) in [7, 11) is 0. The largest absolute Gasteiger partial charge is 0.493 e. The van der Waals surface area contributed by atoms with Gasteiger partial charge in [0.15, 0.2) is 5.69 Å². The Balaban J connectivity index is 1.32. The number of para-hydroxylation sites is 1. The van der Waals surface area contributed by atoms with Crippen LogP contribution in [-0.4, -0.2) is 21.6 Å². The first-order chi connectivity index (χ1) is 14.4. The molecule has 1 aliphatic carbocycles. The second kappa shape index (κ2) is 8.50. The Hall–Kier alpha value is -2.83. The molecular formula is C23H24F3N3O. The molecule has 0 aliphatic heterocycles. The maximum Gasteiger partial charge on any atom is 0.434 e. The summed E-state index contributed by atoms with van der Waals surface area (Å²) in [6, 6.07) is 11.7. The quantitative estimate of drug-likeness (QED) is 0.544. The number of benzene rings is 1. The number of nitrogens with zero attached hydrogens (tertiary/aromatic N) is 2. The first kappa shape index (κ1) is 20.4. The van der Waals surface area contributed by atoms with Gasteiger partial charge in [0.1, 0.15) is 11.6 Å². The average molecular weight is 415 g/mol. The minimum atomic E-state index is -4.45. The fourth-order valence-electron chi connectivity index (χ4n) is 3.95. The number of aromatic nitrogens is 3. The van der Waals surface area contributed by atoms with Gasteiger partial charge in [-0.05, 0) is 62.3 Å². The van der Waals surface area contributed by atoms with E-state index < -0.39 is 11.9 Å². The Labute approximate surface area is 173 Å². The maximum atomic E-state index is 12.7. The highest BCUT2D eigenvalue weighted by atomic mass is 19.4. The van der Waals surface area contributed by atoms with E-state index in [4.69, 9.17) is 4.74 Å². The van der Waals surface area contributed by atoms with E-state index in [-0.39, 0.29) is 5.82 Å². The van der Waals surface area contributed by atoms with Gasteiger partial charge in [-0.25, -0.2) is 4.98 Å². The first-order valence-corrected chi connectivity index (χ1v) is 10.2. The van der Waals surface area contributed by atoms with Crippen LogP contribution in [0, 0.1) is 12.8 Å². The average Bonchev–Trinajstić information content (AvgIpc) is 3.25. The van der Waals surface area contributed by atoms with Gasteiger partial charge in [0.2, 0.25) is 0 Å². The Morgan fingerprint density at radius 3 is 2.47 bits per heavy atom. The lowest BCUT2D eigenvalue weighted by molar-refractivity contribution is -0.140. The van der Waals surface area contributed by atoms with Crippen LogP contribution in [0.4, 0.5) is 13.2 Å². The third-order valence-corrected chi connectivity index (χ3v) is 5.76. The molecule has 0 radical (unpaired) electrons. The lowest BCUT2D eigenvalue weighted by atomic mass is 9.80. The summed E-state index contributed by atoms with van der Waals surface area (Å²) in [4.78, 5) is 10.7. The highest BCUT2D eigenvalue weighted by Gasteiger charge is 2.33. The second-order valence-electron chi connectivity index (χ2n) is 7.90. The van der Waals surface area contributed by atoms with Crippen molar-refractivity contribution in [3.63, 3.8) is 0 Å². The van der Waals surface area contributed by atoms with E-state index in [1.54, 1.807) is 12.3 Å². The molecule has 7 heteroatoms. The van der Waals surface area contributed by atoms with E-state index in [2.05, 4.69) is 15.0 Å². The van der Waals surface area contributed by atoms with Gasteiger partial charge in [0.25, 0.3) is 0 Å². The Morgan fingerprint density at radius 2 is 1.83 bits per heavy atom. The molecule has 1 aromatic carbocycles. The summed E-state index contributed by atoms with van der Waals surface area (Å²) >= 11 is 0. The van der Waals surface area contributed by atoms with Gasteiger partial charge in [-0.1, -0.05) is 18.2 Å². The number of halogens is 3. The number of ether oxygens (including phenoxy) is 1. The van der Waals surface area contributed by atoms with Gasteiger partial charge < -0.3 is 9.72 Å². The summed E-state index contributed by atoms with van der Waals surface area (Å²) in [6.07, 6.45) is 2.25. The molecule has 1 aliphatic rings. The number of pyridine rings is 1. The zero-order chi connectivity index (χ0) is 21.1. The van der Waals surface area contributed by atoms with Crippen LogP contribution in [0.15, 0.2) is 48.8 Å². The van der Waals surface area contributed by atoms with Crippen molar-refractivity contribution in [2.24, 2.45) is 5.92 Å². The summed E-state index contributed by atoms with van der Waals surface area (Å²) < 4.78 is 44.2. The molecular weight excluding hydrogens is 391 g/mol. The normalized spacial score (nSPS) is 19.6. The number of aryl methyl sites for hydroxylation is 1. The Kier molecular flexibility index (Phi) is 5.79. The van der Waals surface area contributed by atoms with Crippen LogP contribution in [0.2, 0.25) is 0 Å². The molecule has 2 heterocycles. The molecule has 3 aromatic rings. The number of imidazole rings is 1. The van der Waals surface area contributed by atoms with Crippen molar-refractivity contribution in [1.82, 2.24) is 15.0 Å². The molecule has 0 amide bonds. The number of nitrogens with one attached hydrogen (secondary N) is 1. The number of H-pyrrole nitrogens is 1. The van der Waals surface area contributed by atoms with Gasteiger partial charge in [0.05, 0.1) is 6.61 Å². The van der Waals surface area contributed by atoms with E-state index in [1.807, 2.05) is 37.3 Å². The van der Waals surface area contributed by atoms with Crippen LogP contribution in [0.5, 0.6) is 5.75 Å². The van der Waals surface area contributed by atoms with Gasteiger partial charge in [-0.3, -0.25) is 4.98 Å². The first-order valence-electron chi connectivity index (χ1n) is 10.2. The second-order valence-corrected chi connectivity index (χ2v) is 7.90. The summed E-state index contributed by atoms with van der Waals surface area (Å²) in [5.41, 5.74) is 1.76. The molecule has 1 N–H and O–H groups in total. The van der Waals surface area contributed by atoms with Crippen LogP contribution in [-0.2, 0) is 6.18 Å². The fraction of sp³-hybridized carbons (Fsp3) is 0.391. The van der Waals surface area contributed by atoms with E-state index in [0.29, 0.717) is 17.4 Å². The summed E-state index contributed by atoms with van der Waals surface area (Å²) in [6.45, 7) is 2.78. The Bertz CT molecular complexity index is 974. The molecule has 0 saturated heterocycles. The third-order valence-electron chi connectivity index (χ3n) is 5.76. The van der Waals surface area contributed by atoms with E-state index in [0.717, 1.165) is 55.5 Å². The number of hydrogen-bond donors (Lipinski definition) is 1. The molecule has 158 valence electrons. The van der Waals surface area contributed by atoms with Crippen LogP contribution < -0.4 is 4.74 Å². The standard InChI is InChI=1S/C23H24F3N3O/c1-15-4-2-3-5-20(15)30-14-16-6-8-17(9-7-16)19-11-10-18(12-27-19)22-28-13-21(29-22)23(24,25)26/h2-5,10-13,16-17H,6-9,14H2,1H3,(H,28,29)/t16-,17-. The summed E-state index contributed by atoms with van der Waals surface area (Å²) in [5, 5.41) is 0. The van der Waals surface area contributed by atoms with Crippen molar-refractivity contribution in [2.75, 3.05) is 6.61 Å². The highest BCUT2D eigenvalue weighted by molar-refractivity contribution is 5.54. The van der Waals surface area contributed by atoms with Crippen molar-refractivity contribution in [1.29, 1.82) is 0 Å². The van der Waals surface area contributed by atoms with Crippen molar-refractivity contribution in [3.8, 4) is 17.1 Å². The number of rotatable bonds is 5. The smallest absolute Gasteiger partial charge is 0.434 e. The molecule has 4 nitrogen and oxygen atoms in total. The van der Waals surface area contributed by atoms with E-state index >= 15 is 0 Å². The molecule has 2 aromatic heterocycles. The molecule has 1 fully saturated rings. The molecule has 0 bridgehead atoms. The van der Waals surface area contributed by atoms with Crippen LogP contribution in [0.1, 0.15) is 48.6 Å². The van der Waals surface area contributed by atoms with E-state index in [1.165, 1.54) is 0 Å². The molecule has 4 rings (SSSR count). The zero-order valence-corrected chi connectivity index (χ0v) is 16.7. The van der Waals surface area contributed by atoms with E-state index in [9.17, 15) is 13.2 Å². The van der Waals surface area contributed by atoms with Gasteiger partial charge in [0, 0.05) is 29.6 Å². The third kappa shape index (κ3) is 4.66. The fourth-order valence-corrected chi connectivity index (χ4v) is 3.95. The minimum Gasteiger partial charge on any atom is -0.493 e. The van der Waals surface area contributed by atoms with Gasteiger partial charge >= 0.3 is 6.18 Å². The van der Waals surface area contributed by atoms with Crippen molar-refractivity contribution in [2.45, 2.75) is 44.7 Å². The van der Waals surface area contributed by atoms with Crippen LogP contribution in [0.3, 0.4) is 0 Å². The minimum absolute atomic E-state index is 0.179. The molecule has 30 heavy (non-hydrogen) atoms. The van der Waals surface area contributed by atoms with Gasteiger partial charge in [-0.2, -0.15) is 13.2 Å². The number of alkyl halides is 3. The van der Waals surface area contributed by atoms with Gasteiger partial charge in [-0.15, -0.1) is 0 Å². The lowest BCUT2D eigenvalue weighted by Gasteiger charge is -2.28. The molecule has 0 unspecified atom stereocenters. The van der Waals surface area contributed by atoms with Crippen LogP contribution >= 0.6 is 0 Å². The number of hydrogen-bond acceptors (Lipinski definition) is 3. The topological polar surface area (TPSA) is 50.8 Å². The Morgan fingerprint density at radius 1 is 1.07 bits per heavy atom. The SMILES string of the molecule is Cc1ccccc1OC[C@H]1CC[C@H](c2ccc(-c3nc(C(F)(F)F)c[nH]3)cn2)CC1. The van der Waals surface area contributed by atoms with Crippen molar-refractivity contribution in [3.05, 3.63) is 65.7 Å². The monoisotopic (exact) mass is 415 g/mol. The van der Waals surface area contributed by atoms with Crippen LogP contribution in [0.25, 0.3) is 11.4 Å². The van der Waals surface area contributed by atoms with Crippen molar-refractivity contribution >= 4 is 0 Å². The zero-order valence-electron chi connectivity index (χ0n) is 16.7. The predicted octanol–water partition coefficient (Wildman–Crippen LogP) is 6.15. The lowest BCUT2D eigenvalue weighted by Crippen LogP contribution is -2.20. The van der Waals surface area contributed by atoms with Crippen molar-refractivity contribution < 1.29 is 17.9 Å². The number of aromatic amines is 1. The predicted molar refractivity (Wildman–Crippen MR) is 108 cm³/mol. The highest BCUT2D eigenvalue weighted by Crippen LogP contribution is 2.36. The molecule has 0 atom stereocenters. The maximum absolute atomic E-state index is 12.7. The molecule has 0 spiro atoms.